The van der Waals surface area contributed by atoms with Crippen LogP contribution < -0.4 is 23.8 Å². The van der Waals surface area contributed by atoms with Gasteiger partial charge in [0.25, 0.3) is 0 Å². The lowest BCUT2D eigenvalue weighted by atomic mass is 10.2. The Morgan fingerprint density at radius 3 is 2.58 bits per heavy atom. The van der Waals surface area contributed by atoms with Gasteiger partial charge in [-0.3, -0.25) is 9.10 Å². The summed E-state index contributed by atoms with van der Waals surface area (Å²) in [5.41, 5.74) is 1.35. The van der Waals surface area contributed by atoms with Gasteiger partial charge in [0, 0.05) is 6.07 Å². The van der Waals surface area contributed by atoms with Gasteiger partial charge in [-0.15, -0.1) is 0 Å². The molecule has 8 nitrogen and oxygen atoms in total. The van der Waals surface area contributed by atoms with Gasteiger partial charge in [-0.05, 0) is 44.5 Å². The minimum atomic E-state index is -3.69. The van der Waals surface area contributed by atoms with Gasteiger partial charge >= 0.3 is 0 Å². The van der Waals surface area contributed by atoms with E-state index in [2.05, 4.69) is 5.32 Å². The first-order valence-electron chi connectivity index (χ1n) is 10.2. The van der Waals surface area contributed by atoms with Crippen molar-refractivity contribution in [2.75, 3.05) is 36.4 Å². The molecule has 2 aromatic carbocycles. The number of nitrogens with one attached hydrogen (secondary N) is 1. The maximum atomic E-state index is 12.7. The van der Waals surface area contributed by atoms with Gasteiger partial charge in [-0.25, -0.2) is 8.42 Å². The number of aryl methyl sites for hydroxylation is 1. The van der Waals surface area contributed by atoms with Crippen LogP contribution in [0, 0.1) is 6.92 Å². The SMILES string of the molecule is CCS(=O)(=O)N(CC(=O)N[C@@H](C)COc1ccccc1C)c1ccc2c(c1)OCCO2. The minimum Gasteiger partial charge on any atom is -0.491 e. The fourth-order valence-corrected chi connectivity index (χ4v) is 4.18. The number of fused-ring (bicyclic) bond motifs is 1. The molecular formula is C22H28N2O6S. The van der Waals surface area contributed by atoms with Crippen molar-refractivity contribution in [2.24, 2.45) is 0 Å². The first kappa shape index (κ1) is 22.7. The summed E-state index contributed by atoms with van der Waals surface area (Å²) in [4.78, 5) is 12.6. The van der Waals surface area contributed by atoms with Crippen LogP contribution in [0.15, 0.2) is 42.5 Å². The van der Waals surface area contributed by atoms with Gasteiger partial charge in [0.05, 0.1) is 17.5 Å². The summed E-state index contributed by atoms with van der Waals surface area (Å²) in [5.74, 6) is 1.19. The van der Waals surface area contributed by atoms with Gasteiger partial charge in [0.1, 0.15) is 32.1 Å². The molecule has 1 amide bonds. The third-order valence-corrected chi connectivity index (χ3v) is 6.53. The van der Waals surface area contributed by atoms with E-state index in [1.807, 2.05) is 31.2 Å². The highest BCUT2D eigenvalue weighted by Gasteiger charge is 2.26. The Hall–Kier alpha value is -2.94. The Morgan fingerprint density at radius 2 is 1.87 bits per heavy atom. The summed E-state index contributed by atoms with van der Waals surface area (Å²) in [5, 5.41) is 2.80. The number of amides is 1. The van der Waals surface area contributed by atoms with Crippen LogP contribution in [-0.4, -0.2) is 52.5 Å². The molecule has 1 heterocycles. The van der Waals surface area contributed by atoms with Gasteiger partial charge in [0.15, 0.2) is 11.5 Å². The van der Waals surface area contributed by atoms with E-state index in [9.17, 15) is 13.2 Å². The van der Waals surface area contributed by atoms with Gasteiger partial charge in [0.2, 0.25) is 15.9 Å². The van der Waals surface area contributed by atoms with E-state index in [1.54, 1.807) is 25.1 Å². The average Bonchev–Trinajstić information content (AvgIpc) is 2.76. The summed E-state index contributed by atoms with van der Waals surface area (Å²) < 4.78 is 43.3. The molecule has 1 atom stereocenters. The summed E-state index contributed by atoms with van der Waals surface area (Å²) in [6, 6.07) is 12.1. The molecule has 1 N–H and O–H groups in total. The molecule has 2 aromatic rings. The quantitative estimate of drug-likeness (QED) is 0.634. The molecule has 9 heteroatoms. The maximum Gasteiger partial charge on any atom is 0.241 e. The highest BCUT2D eigenvalue weighted by molar-refractivity contribution is 7.92. The number of hydrogen-bond donors (Lipinski definition) is 1. The van der Waals surface area contributed by atoms with Crippen molar-refractivity contribution in [2.45, 2.75) is 26.8 Å². The summed E-state index contributed by atoms with van der Waals surface area (Å²) in [7, 11) is -3.69. The van der Waals surface area contributed by atoms with Crippen LogP contribution in [0.5, 0.6) is 17.2 Å². The molecule has 0 aromatic heterocycles. The Kier molecular flexibility index (Phi) is 7.27. The van der Waals surface area contributed by atoms with Crippen LogP contribution in [0.25, 0.3) is 0 Å². The number of carbonyl (C=O) groups excluding carboxylic acids is 1. The molecule has 0 fully saturated rings. The standard InChI is InChI=1S/C22H28N2O6S/c1-4-31(26,27)24(18-9-10-20-21(13-18)29-12-11-28-20)14-22(25)23-17(3)15-30-19-8-6-5-7-16(19)2/h5-10,13,17H,4,11-12,14-15H2,1-3H3,(H,23,25)/t17-/m0/s1. The second-order valence-electron chi connectivity index (χ2n) is 7.28. The third-order valence-electron chi connectivity index (χ3n) is 4.79. The Labute approximate surface area is 183 Å². The topological polar surface area (TPSA) is 94.2 Å². The number of ether oxygens (including phenoxy) is 3. The van der Waals surface area contributed by atoms with E-state index in [-0.39, 0.29) is 24.9 Å². The van der Waals surface area contributed by atoms with Crippen LogP contribution in [0.3, 0.4) is 0 Å². The number of rotatable bonds is 9. The van der Waals surface area contributed by atoms with Crippen LogP contribution >= 0.6 is 0 Å². The number of anilines is 1. The molecule has 0 saturated heterocycles. The maximum absolute atomic E-state index is 12.7. The fraction of sp³-hybridized carbons (Fsp3) is 0.409. The minimum absolute atomic E-state index is 0.138. The molecule has 0 radical (unpaired) electrons. The number of benzene rings is 2. The first-order valence-corrected chi connectivity index (χ1v) is 11.8. The number of sulfonamides is 1. The number of para-hydroxylation sites is 1. The normalized spacial score (nSPS) is 13.9. The predicted octanol–water partition coefficient (Wildman–Crippen LogP) is 2.51. The van der Waals surface area contributed by atoms with Crippen molar-refractivity contribution in [3.63, 3.8) is 0 Å². The summed E-state index contributed by atoms with van der Waals surface area (Å²) in [6.07, 6.45) is 0. The zero-order chi connectivity index (χ0) is 22.4. The smallest absolute Gasteiger partial charge is 0.241 e. The summed E-state index contributed by atoms with van der Waals surface area (Å²) in [6.45, 7) is 6.03. The zero-order valence-electron chi connectivity index (χ0n) is 18.0. The Morgan fingerprint density at radius 1 is 1.16 bits per heavy atom. The fourth-order valence-electron chi connectivity index (χ4n) is 3.12. The lowest BCUT2D eigenvalue weighted by Gasteiger charge is -2.26. The molecule has 0 unspecified atom stereocenters. The second-order valence-corrected chi connectivity index (χ2v) is 9.46. The molecule has 168 valence electrons. The van der Waals surface area contributed by atoms with Crippen molar-refractivity contribution in [3.05, 3.63) is 48.0 Å². The first-order chi connectivity index (χ1) is 14.8. The van der Waals surface area contributed by atoms with Gasteiger partial charge in [-0.2, -0.15) is 0 Å². The van der Waals surface area contributed by atoms with Crippen molar-refractivity contribution < 1.29 is 27.4 Å². The predicted molar refractivity (Wildman–Crippen MR) is 119 cm³/mol. The summed E-state index contributed by atoms with van der Waals surface area (Å²) >= 11 is 0. The van der Waals surface area contributed by atoms with Crippen molar-refractivity contribution in [3.8, 4) is 17.2 Å². The zero-order valence-corrected chi connectivity index (χ0v) is 18.8. The van der Waals surface area contributed by atoms with Crippen molar-refractivity contribution >= 4 is 21.6 Å². The molecule has 1 aliphatic rings. The van der Waals surface area contributed by atoms with Crippen LogP contribution in [0.2, 0.25) is 0 Å². The van der Waals surface area contributed by atoms with E-state index in [4.69, 9.17) is 14.2 Å². The van der Waals surface area contributed by atoms with E-state index in [0.717, 1.165) is 15.6 Å². The number of carbonyl (C=O) groups is 1. The van der Waals surface area contributed by atoms with Crippen LogP contribution in [-0.2, 0) is 14.8 Å². The van der Waals surface area contributed by atoms with E-state index in [1.165, 1.54) is 6.92 Å². The average molecular weight is 449 g/mol. The van der Waals surface area contributed by atoms with E-state index >= 15 is 0 Å². The molecule has 0 spiro atoms. The lowest BCUT2D eigenvalue weighted by Crippen LogP contribution is -2.45. The van der Waals surface area contributed by atoms with Crippen LogP contribution in [0.4, 0.5) is 5.69 Å². The molecule has 31 heavy (non-hydrogen) atoms. The van der Waals surface area contributed by atoms with E-state index in [0.29, 0.717) is 30.4 Å². The van der Waals surface area contributed by atoms with Crippen molar-refractivity contribution in [1.82, 2.24) is 5.32 Å². The Bertz CT molecular complexity index is 1020. The number of nitrogens with zero attached hydrogens (tertiary/aromatic N) is 1. The lowest BCUT2D eigenvalue weighted by molar-refractivity contribution is -0.120. The van der Waals surface area contributed by atoms with Crippen LogP contribution in [0.1, 0.15) is 19.4 Å². The molecule has 1 aliphatic heterocycles. The largest absolute Gasteiger partial charge is 0.491 e. The Balaban J connectivity index is 1.67. The molecule has 0 bridgehead atoms. The molecule has 0 saturated carbocycles. The third kappa shape index (κ3) is 5.81. The number of hydrogen-bond acceptors (Lipinski definition) is 6. The highest BCUT2D eigenvalue weighted by atomic mass is 32.2. The van der Waals surface area contributed by atoms with Gasteiger partial charge in [-0.1, -0.05) is 18.2 Å². The van der Waals surface area contributed by atoms with E-state index < -0.39 is 15.9 Å². The second kappa shape index (κ2) is 9.91. The van der Waals surface area contributed by atoms with Crippen molar-refractivity contribution in [1.29, 1.82) is 0 Å². The monoisotopic (exact) mass is 448 g/mol. The molecular weight excluding hydrogens is 420 g/mol. The van der Waals surface area contributed by atoms with Gasteiger partial charge < -0.3 is 19.5 Å². The molecule has 0 aliphatic carbocycles. The highest BCUT2D eigenvalue weighted by Crippen LogP contribution is 2.34. The molecule has 3 rings (SSSR count).